The second-order valence-electron chi connectivity index (χ2n) is 4.40. The van der Waals surface area contributed by atoms with E-state index < -0.39 is 11.9 Å². The van der Waals surface area contributed by atoms with Gasteiger partial charge < -0.3 is 10.8 Å². The fourth-order valence-corrected chi connectivity index (χ4v) is 1.64. The van der Waals surface area contributed by atoms with E-state index in [9.17, 15) is 9.59 Å². The van der Waals surface area contributed by atoms with Crippen LogP contribution in [0, 0.1) is 0 Å². The van der Waals surface area contributed by atoms with E-state index in [1.165, 1.54) is 10.9 Å². The van der Waals surface area contributed by atoms with E-state index in [1.807, 2.05) is 13.8 Å². The molecule has 0 saturated carbocycles. The Balaban J connectivity index is 2.96. The molecule has 0 aliphatic carbocycles. The number of carboxylic acid groups (broad SMARTS) is 1. The number of carboxylic acids is 1. The smallest absolute Gasteiger partial charge is 0.339 e. The lowest BCUT2D eigenvalue weighted by Gasteiger charge is -2.25. The monoisotopic (exact) mass is 254 g/mol. The van der Waals surface area contributed by atoms with Crippen molar-refractivity contribution in [1.29, 1.82) is 0 Å². The third-order valence-corrected chi connectivity index (χ3v) is 2.73. The first-order valence-corrected chi connectivity index (χ1v) is 5.59. The van der Waals surface area contributed by atoms with E-state index in [1.54, 1.807) is 11.9 Å². The molecule has 1 heterocycles. The van der Waals surface area contributed by atoms with Crippen LogP contribution < -0.4 is 5.73 Å². The van der Waals surface area contributed by atoms with Crippen LogP contribution in [0.25, 0.3) is 0 Å². The van der Waals surface area contributed by atoms with Crippen molar-refractivity contribution in [2.75, 3.05) is 6.54 Å². The topological polar surface area (TPSA) is 101 Å². The quantitative estimate of drug-likeness (QED) is 0.733. The predicted octanol–water partition coefficient (Wildman–Crippen LogP) is -0.186. The zero-order valence-electron chi connectivity index (χ0n) is 10.8. The number of aromatic carboxylic acids is 1. The minimum Gasteiger partial charge on any atom is -0.478 e. The summed E-state index contributed by atoms with van der Waals surface area (Å²) in [5, 5.41) is 13.0. The summed E-state index contributed by atoms with van der Waals surface area (Å²) in [6, 6.07) is 0.0778. The van der Waals surface area contributed by atoms with Crippen LogP contribution in [0.5, 0.6) is 0 Å². The van der Waals surface area contributed by atoms with Crippen LogP contribution in [-0.2, 0) is 18.4 Å². The molecule has 7 heteroatoms. The number of amides is 1. The molecule has 0 unspecified atom stereocenters. The summed E-state index contributed by atoms with van der Waals surface area (Å²) < 4.78 is 1.50. The summed E-state index contributed by atoms with van der Waals surface area (Å²) in [5.41, 5.74) is 5.88. The normalized spacial score (nSPS) is 11.2. The van der Waals surface area contributed by atoms with Crippen molar-refractivity contribution in [1.82, 2.24) is 14.7 Å². The van der Waals surface area contributed by atoms with Crippen molar-refractivity contribution in [2.24, 2.45) is 12.8 Å². The van der Waals surface area contributed by atoms with Gasteiger partial charge in [-0.3, -0.25) is 14.4 Å². The highest BCUT2D eigenvalue weighted by molar-refractivity contribution is 5.88. The van der Waals surface area contributed by atoms with Gasteiger partial charge in [-0.15, -0.1) is 0 Å². The van der Waals surface area contributed by atoms with E-state index in [0.717, 1.165) is 0 Å². The van der Waals surface area contributed by atoms with Crippen LogP contribution in [0.3, 0.4) is 0 Å². The third kappa shape index (κ3) is 3.30. The molecule has 0 aromatic carbocycles. The Morgan fingerprint density at radius 1 is 1.56 bits per heavy atom. The highest BCUT2D eigenvalue weighted by Gasteiger charge is 2.20. The Morgan fingerprint density at radius 3 is 2.61 bits per heavy atom. The van der Waals surface area contributed by atoms with Gasteiger partial charge in [0.05, 0.1) is 18.4 Å². The highest BCUT2D eigenvalue weighted by Crippen LogP contribution is 2.12. The van der Waals surface area contributed by atoms with Gasteiger partial charge in [0, 0.05) is 19.6 Å². The molecule has 0 radical (unpaired) electrons. The van der Waals surface area contributed by atoms with Crippen LogP contribution in [0.2, 0.25) is 0 Å². The Labute approximate surface area is 105 Å². The molecule has 0 saturated heterocycles. The van der Waals surface area contributed by atoms with Crippen molar-refractivity contribution >= 4 is 11.9 Å². The summed E-state index contributed by atoms with van der Waals surface area (Å²) in [6.45, 7) is 4.24. The number of aryl methyl sites for hydroxylation is 1. The lowest BCUT2D eigenvalue weighted by atomic mass is 10.2. The van der Waals surface area contributed by atoms with Crippen molar-refractivity contribution in [2.45, 2.75) is 26.4 Å². The van der Waals surface area contributed by atoms with Crippen molar-refractivity contribution in [3.63, 3.8) is 0 Å². The van der Waals surface area contributed by atoms with Crippen LogP contribution in [0.4, 0.5) is 0 Å². The molecule has 1 amide bonds. The average Bonchev–Trinajstić information content (AvgIpc) is 2.58. The molecule has 100 valence electrons. The fourth-order valence-electron chi connectivity index (χ4n) is 1.64. The Kier molecular flexibility index (Phi) is 4.43. The van der Waals surface area contributed by atoms with Crippen LogP contribution >= 0.6 is 0 Å². The van der Waals surface area contributed by atoms with Gasteiger partial charge in [0.25, 0.3) is 0 Å². The van der Waals surface area contributed by atoms with Gasteiger partial charge in [0.15, 0.2) is 0 Å². The van der Waals surface area contributed by atoms with Gasteiger partial charge in [0.2, 0.25) is 5.91 Å². The summed E-state index contributed by atoms with van der Waals surface area (Å²) >= 11 is 0. The number of rotatable bonds is 6. The first-order chi connectivity index (χ1) is 8.32. The van der Waals surface area contributed by atoms with E-state index in [2.05, 4.69) is 5.10 Å². The minimum absolute atomic E-state index is 0.0778. The van der Waals surface area contributed by atoms with Crippen LogP contribution in [0.1, 0.15) is 29.9 Å². The summed E-state index contributed by atoms with van der Waals surface area (Å²) in [5.74, 6) is -1.47. The number of carbonyl (C=O) groups is 2. The van der Waals surface area contributed by atoms with Crippen molar-refractivity contribution in [3.05, 3.63) is 17.5 Å². The molecule has 18 heavy (non-hydrogen) atoms. The summed E-state index contributed by atoms with van der Waals surface area (Å²) in [7, 11) is 1.67. The lowest BCUT2D eigenvalue weighted by Crippen LogP contribution is -2.38. The van der Waals surface area contributed by atoms with Gasteiger partial charge in [-0.25, -0.2) is 4.79 Å². The number of nitrogens with zero attached hydrogens (tertiary/aromatic N) is 3. The van der Waals surface area contributed by atoms with E-state index >= 15 is 0 Å². The minimum atomic E-state index is -1.03. The van der Waals surface area contributed by atoms with Crippen molar-refractivity contribution < 1.29 is 14.7 Å². The third-order valence-electron chi connectivity index (χ3n) is 2.73. The number of hydrogen-bond donors (Lipinski definition) is 2. The maximum Gasteiger partial charge on any atom is 0.339 e. The summed E-state index contributed by atoms with van der Waals surface area (Å²) in [4.78, 5) is 23.8. The molecule has 1 rings (SSSR count). The second-order valence-corrected chi connectivity index (χ2v) is 4.40. The largest absolute Gasteiger partial charge is 0.478 e. The van der Waals surface area contributed by atoms with Gasteiger partial charge in [-0.2, -0.15) is 5.10 Å². The first kappa shape index (κ1) is 14.2. The van der Waals surface area contributed by atoms with E-state index in [4.69, 9.17) is 10.8 Å². The Hall–Kier alpha value is -1.89. The van der Waals surface area contributed by atoms with Gasteiger partial charge in [0.1, 0.15) is 5.56 Å². The maximum atomic E-state index is 11.0. The molecule has 0 spiro atoms. The molecule has 1 aromatic rings. The zero-order valence-corrected chi connectivity index (χ0v) is 10.8. The molecule has 7 nitrogen and oxygen atoms in total. The number of aromatic nitrogens is 2. The van der Waals surface area contributed by atoms with Gasteiger partial charge in [-0.05, 0) is 13.8 Å². The molecule has 0 atom stereocenters. The lowest BCUT2D eigenvalue weighted by molar-refractivity contribution is -0.119. The SMILES string of the molecule is CC(C)N(CC(N)=O)Cc1c(C(=O)O)cnn1C. The molecule has 1 aromatic heterocycles. The number of hydrogen-bond acceptors (Lipinski definition) is 4. The second kappa shape index (κ2) is 5.63. The molecular weight excluding hydrogens is 236 g/mol. The van der Waals surface area contributed by atoms with Gasteiger partial charge >= 0.3 is 5.97 Å². The Morgan fingerprint density at radius 2 is 2.17 bits per heavy atom. The number of primary amides is 1. The molecule has 3 N–H and O–H groups in total. The summed E-state index contributed by atoms with van der Waals surface area (Å²) in [6.07, 6.45) is 1.31. The molecule has 0 bridgehead atoms. The van der Waals surface area contributed by atoms with Crippen molar-refractivity contribution in [3.8, 4) is 0 Å². The molecule has 0 fully saturated rings. The maximum absolute atomic E-state index is 11.0. The first-order valence-electron chi connectivity index (χ1n) is 5.59. The fraction of sp³-hybridized carbons (Fsp3) is 0.545. The van der Waals surface area contributed by atoms with E-state index in [0.29, 0.717) is 12.2 Å². The van der Waals surface area contributed by atoms with Crippen LogP contribution in [0.15, 0.2) is 6.20 Å². The molecule has 0 aliphatic heterocycles. The molecule has 0 aliphatic rings. The van der Waals surface area contributed by atoms with Crippen LogP contribution in [-0.4, -0.2) is 44.3 Å². The standard InChI is InChI=1S/C11H18N4O3/c1-7(2)15(6-10(12)16)5-9-8(11(17)18)4-13-14(9)3/h4,7H,5-6H2,1-3H3,(H2,12,16)(H,17,18). The average molecular weight is 254 g/mol. The highest BCUT2D eigenvalue weighted by atomic mass is 16.4. The van der Waals surface area contributed by atoms with E-state index in [-0.39, 0.29) is 18.2 Å². The predicted molar refractivity (Wildman–Crippen MR) is 64.9 cm³/mol. The Bertz CT molecular complexity index is 453. The number of nitrogens with two attached hydrogens (primary N) is 1. The zero-order chi connectivity index (χ0) is 13.9. The van der Waals surface area contributed by atoms with Gasteiger partial charge in [-0.1, -0.05) is 0 Å². The number of carbonyl (C=O) groups excluding carboxylic acids is 1. The molecular formula is C11H18N4O3.